The molecule has 2 N–H and O–H groups in total. The molecule has 0 aliphatic rings. The topological polar surface area (TPSA) is 29.3 Å². The molecule has 1 aromatic rings. The Bertz CT molecular complexity index is 312. The summed E-state index contributed by atoms with van der Waals surface area (Å²) in [6, 6.07) is 4.49. The van der Waals surface area contributed by atoms with Crippen LogP contribution in [0.4, 0.5) is 15.8 Å². The number of rotatable bonds is 5. The Hall–Kier alpha value is -1.25. The largest absolute Gasteiger partial charge is 0.397 e. The summed E-state index contributed by atoms with van der Waals surface area (Å²) >= 11 is 0. The summed E-state index contributed by atoms with van der Waals surface area (Å²) in [7, 11) is 1.95. The first-order valence-electron chi connectivity index (χ1n) is 5.41. The number of nitrogen functional groups attached to an aromatic ring is 1. The molecule has 0 fully saturated rings. The summed E-state index contributed by atoms with van der Waals surface area (Å²) in [4.78, 5) is 2.01. The third kappa shape index (κ3) is 3.42. The van der Waals surface area contributed by atoms with Crippen LogP contribution in [-0.4, -0.2) is 13.6 Å². The molecule has 0 aromatic heterocycles. The molecular weight excluding hydrogens is 191 g/mol. The van der Waals surface area contributed by atoms with E-state index in [9.17, 15) is 4.39 Å². The predicted molar refractivity (Wildman–Crippen MR) is 63.6 cm³/mol. The second kappa shape index (κ2) is 5.59. The Morgan fingerprint density at radius 1 is 1.33 bits per heavy atom. The van der Waals surface area contributed by atoms with Crippen molar-refractivity contribution in [1.29, 1.82) is 0 Å². The minimum Gasteiger partial charge on any atom is -0.397 e. The second-order valence-corrected chi connectivity index (χ2v) is 3.83. The maximum absolute atomic E-state index is 13.0. The van der Waals surface area contributed by atoms with Crippen LogP contribution < -0.4 is 10.6 Å². The maximum atomic E-state index is 13.0. The van der Waals surface area contributed by atoms with Gasteiger partial charge in [-0.3, -0.25) is 0 Å². The highest BCUT2D eigenvalue weighted by atomic mass is 19.1. The van der Waals surface area contributed by atoms with Crippen LogP contribution in [-0.2, 0) is 0 Å². The highest BCUT2D eigenvalue weighted by Gasteiger charge is 2.05. The molecule has 0 saturated heterocycles. The van der Waals surface area contributed by atoms with Gasteiger partial charge in [0.15, 0.2) is 0 Å². The summed E-state index contributed by atoms with van der Waals surface area (Å²) in [6.07, 6.45) is 3.50. The molecule has 0 aliphatic heterocycles. The van der Waals surface area contributed by atoms with Gasteiger partial charge in [-0.1, -0.05) is 19.8 Å². The van der Waals surface area contributed by atoms with Gasteiger partial charge in [0.25, 0.3) is 0 Å². The molecule has 84 valence electrons. The zero-order valence-electron chi connectivity index (χ0n) is 9.46. The Kier molecular flexibility index (Phi) is 4.40. The van der Waals surface area contributed by atoms with E-state index in [1.807, 2.05) is 11.9 Å². The van der Waals surface area contributed by atoms with Crippen molar-refractivity contribution >= 4 is 11.4 Å². The van der Waals surface area contributed by atoms with Crippen molar-refractivity contribution in [1.82, 2.24) is 0 Å². The fourth-order valence-corrected chi connectivity index (χ4v) is 1.57. The van der Waals surface area contributed by atoms with Crippen LogP contribution in [0, 0.1) is 5.82 Å². The molecule has 0 saturated carbocycles. The van der Waals surface area contributed by atoms with E-state index >= 15 is 0 Å². The number of hydrogen-bond donors (Lipinski definition) is 1. The van der Waals surface area contributed by atoms with Crippen molar-refractivity contribution in [2.24, 2.45) is 0 Å². The van der Waals surface area contributed by atoms with Crippen LogP contribution in [0.5, 0.6) is 0 Å². The third-order valence-electron chi connectivity index (χ3n) is 2.50. The van der Waals surface area contributed by atoms with Crippen molar-refractivity contribution < 1.29 is 4.39 Å². The minimum atomic E-state index is -0.235. The minimum absolute atomic E-state index is 0.235. The Morgan fingerprint density at radius 3 is 2.73 bits per heavy atom. The lowest BCUT2D eigenvalue weighted by atomic mass is 10.2. The Morgan fingerprint density at radius 2 is 2.07 bits per heavy atom. The fraction of sp³-hybridized carbons (Fsp3) is 0.500. The smallest absolute Gasteiger partial charge is 0.125 e. The fourth-order valence-electron chi connectivity index (χ4n) is 1.57. The number of nitrogens with zero attached hydrogens (tertiary/aromatic N) is 1. The zero-order chi connectivity index (χ0) is 11.3. The number of nitrogens with two attached hydrogens (primary N) is 1. The monoisotopic (exact) mass is 210 g/mol. The lowest BCUT2D eigenvalue weighted by Crippen LogP contribution is -2.19. The molecule has 0 unspecified atom stereocenters. The predicted octanol–water partition coefficient (Wildman–Crippen LogP) is 3.03. The third-order valence-corrected chi connectivity index (χ3v) is 2.50. The van der Waals surface area contributed by atoms with Crippen molar-refractivity contribution in [2.45, 2.75) is 26.2 Å². The second-order valence-electron chi connectivity index (χ2n) is 3.83. The van der Waals surface area contributed by atoms with Gasteiger partial charge in [0, 0.05) is 13.6 Å². The molecule has 0 radical (unpaired) electrons. The number of hydrogen-bond acceptors (Lipinski definition) is 2. The number of benzene rings is 1. The number of unbranched alkanes of at least 4 members (excludes halogenated alkanes) is 2. The number of halogens is 1. The van der Waals surface area contributed by atoms with E-state index in [1.54, 1.807) is 6.07 Å². The first kappa shape index (κ1) is 11.8. The van der Waals surface area contributed by atoms with Gasteiger partial charge in [-0.2, -0.15) is 0 Å². The van der Waals surface area contributed by atoms with E-state index in [2.05, 4.69) is 6.92 Å². The highest BCUT2D eigenvalue weighted by Crippen LogP contribution is 2.23. The lowest BCUT2D eigenvalue weighted by molar-refractivity contribution is 0.626. The first-order chi connectivity index (χ1) is 7.15. The average Bonchev–Trinajstić information content (AvgIpc) is 2.22. The molecule has 0 spiro atoms. The first-order valence-corrected chi connectivity index (χ1v) is 5.41. The summed E-state index contributed by atoms with van der Waals surface area (Å²) in [6.45, 7) is 3.08. The van der Waals surface area contributed by atoms with Crippen LogP contribution in [0.15, 0.2) is 18.2 Å². The quantitative estimate of drug-likeness (QED) is 0.598. The summed E-state index contributed by atoms with van der Waals surface area (Å²) in [5, 5.41) is 0. The SMILES string of the molecule is CCCCCN(C)c1cc(F)ccc1N. The van der Waals surface area contributed by atoms with Gasteiger partial charge in [-0.15, -0.1) is 0 Å². The Labute approximate surface area is 90.9 Å². The van der Waals surface area contributed by atoms with Gasteiger partial charge in [-0.05, 0) is 24.6 Å². The van der Waals surface area contributed by atoms with Crippen LogP contribution in [0.2, 0.25) is 0 Å². The van der Waals surface area contributed by atoms with Gasteiger partial charge in [0.2, 0.25) is 0 Å². The lowest BCUT2D eigenvalue weighted by Gasteiger charge is -2.20. The van der Waals surface area contributed by atoms with Crippen LogP contribution in [0.3, 0.4) is 0 Å². The highest BCUT2D eigenvalue weighted by molar-refractivity contribution is 5.67. The zero-order valence-corrected chi connectivity index (χ0v) is 9.46. The molecule has 0 atom stereocenters. The standard InChI is InChI=1S/C12H19FN2/c1-3-4-5-8-15(2)12-9-10(13)6-7-11(12)14/h6-7,9H,3-5,8,14H2,1-2H3. The van der Waals surface area contributed by atoms with E-state index in [0.717, 1.165) is 18.7 Å². The van der Waals surface area contributed by atoms with Gasteiger partial charge >= 0.3 is 0 Å². The Balaban J connectivity index is 2.64. The molecular formula is C12H19FN2. The molecule has 0 aliphatic carbocycles. The van der Waals surface area contributed by atoms with Crippen molar-refractivity contribution in [2.75, 3.05) is 24.2 Å². The van der Waals surface area contributed by atoms with Crippen molar-refractivity contribution in [3.8, 4) is 0 Å². The molecule has 0 bridgehead atoms. The van der Waals surface area contributed by atoms with Gasteiger partial charge < -0.3 is 10.6 Å². The van der Waals surface area contributed by atoms with Gasteiger partial charge in [0.05, 0.1) is 11.4 Å². The van der Waals surface area contributed by atoms with E-state index in [-0.39, 0.29) is 5.82 Å². The van der Waals surface area contributed by atoms with E-state index < -0.39 is 0 Å². The summed E-state index contributed by atoms with van der Waals surface area (Å²) in [5.41, 5.74) is 7.20. The molecule has 3 heteroatoms. The van der Waals surface area contributed by atoms with Crippen LogP contribution in [0.1, 0.15) is 26.2 Å². The number of anilines is 2. The van der Waals surface area contributed by atoms with E-state index in [1.165, 1.54) is 25.0 Å². The molecule has 1 rings (SSSR count). The van der Waals surface area contributed by atoms with Crippen molar-refractivity contribution in [3.05, 3.63) is 24.0 Å². The molecule has 0 amide bonds. The van der Waals surface area contributed by atoms with Crippen LogP contribution in [0.25, 0.3) is 0 Å². The molecule has 2 nitrogen and oxygen atoms in total. The normalized spacial score (nSPS) is 10.3. The molecule has 15 heavy (non-hydrogen) atoms. The maximum Gasteiger partial charge on any atom is 0.125 e. The summed E-state index contributed by atoms with van der Waals surface area (Å²) < 4.78 is 13.0. The van der Waals surface area contributed by atoms with Crippen molar-refractivity contribution in [3.63, 3.8) is 0 Å². The average molecular weight is 210 g/mol. The molecule has 0 heterocycles. The van der Waals surface area contributed by atoms with E-state index in [4.69, 9.17) is 5.73 Å². The summed E-state index contributed by atoms with van der Waals surface area (Å²) in [5.74, 6) is -0.235. The molecule has 1 aromatic carbocycles. The van der Waals surface area contributed by atoms with E-state index in [0.29, 0.717) is 5.69 Å². The van der Waals surface area contributed by atoms with Gasteiger partial charge in [0.1, 0.15) is 5.82 Å². The van der Waals surface area contributed by atoms with Crippen LogP contribution >= 0.6 is 0 Å². The van der Waals surface area contributed by atoms with Gasteiger partial charge in [-0.25, -0.2) is 4.39 Å².